The number of hydrogen-bond acceptors (Lipinski definition) is 3. The second-order valence-corrected chi connectivity index (χ2v) is 6.62. The van der Waals surface area contributed by atoms with Crippen molar-refractivity contribution < 1.29 is 0 Å². The molecule has 1 N–H and O–H groups in total. The number of thioether (sulfide) groups is 1. The fraction of sp³-hybridized carbons (Fsp3) is 0.600. The Balaban J connectivity index is 1.76. The highest BCUT2D eigenvalue weighted by molar-refractivity contribution is 8.01. The molecule has 1 aromatic rings. The lowest BCUT2D eigenvalue weighted by Crippen LogP contribution is -2.30. The van der Waals surface area contributed by atoms with Crippen molar-refractivity contribution in [3.8, 4) is 0 Å². The van der Waals surface area contributed by atoms with Crippen LogP contribution in [0.2, 0.25) is 4.34 Å². The molecule has 78 valence electrons. The van der Waals surface area contributed by atoms with Gasteiger partial charge < -0.3 is 5.32 Å². The monoisotopic (exact) mass is 247 g/mol. The van der Waals surface area contributed by atoms with Gasteiger partial charge in [0.2, 0.25) is 0 Å². The molecule has 1 aromatic heterocycles. The van der Waals surface area contributed by atoms with Crippen molar-refractivity contribution in [1.29, 1.82) is 0 Å². The molecule has 1 aliphatic rings. The summed E-state index contributed by atoms with van der Waals surface area (Å²) in [5, 5.41) is 3.44. The van der Waals surface area contributed by atoms with E-state index in [-0.39, 0.29) is 0 Å². The fourth-order valence-corrected chi connectivity index (χ4v) is 4.11. The third-order valence-electron chi connectivity index (χ3n) is 2.41. The highest BCUT2D eigenvalue weighted by atomic mass is 35.5. The lowest BCUT2D eigenvalue weighted by atomic mass is 10.0. The molecule has 4 heteroatoms. The maximum absolute atomic E-state index is 5.87. The van der Waals surface area contributed by atoms with Gasteiger partial charge in [-0.1, -0.05) is 11.6 Å². The van der Waals surface area contributed by atoms with Crippen LogP contribution in [-0.2, 0) is 0 Å². The summed E-state index contributed by atoms with van der Waals surface area (Å²) in [6.07, 6.45) is 2.70. The Labute approximate surface area is 98.2 Å². The van der Waals surface area contributed by atoms with Crippen LogP contribution in [0.15, 0.2) is 16.3 Å². The number of thiophene rings is 1. The zero-order valence-corrected chi connectivity index (χ0v) is 10.4. The van der Waals surface area contributed by atoms with Crippen LogP contribution >= 0.6 is 34.7 Å². The van der Waals surface area contributed by atoms with Crippen LogP contribution < -0.4 is 5.32 Å². The molecular weight excluding hydrogens is 234 g/mol. The largest absolute Gasteiger partial charge is 0.316 e. The van der Waals surface area contributed by atoms with E-state index in [9.17, 15) is 0 Å². The lowest BCUT2D eigenvalue weighted by Gasteiger charge is -2.21. The maximum atomic E-state index is 5.87. The molecule has 0 aromatic carbocycles. The van der Waals surface area contributed by atoms with Gasteiger partial charge in [-0.3, -0.25) is 0 Å². The second-order valence-electron chi connectivity index (χ2n) is 3.58. The first-order valence-electron chi connectivity index (χ1n) is 4.93. The number of halogens is 1. The quantitative estimate of drug-likeness (QED) is 0.821. The lowest BCUT2D eigenvalue weighted by molar-refractivity contribution is 0.410. The molecule has 14 heavy (non-hydrogen) atoms. The smallest absolute Gasteiger partial charge is 0.0940 e. The molecule has 0 bridgehead atoms. The molecule has 1 atom stereocenters. The van der Waals surface area contributed by atoms with Crippen molar-refractivity contribution in [2.24, 2.45) is 5.92 Å². The van der Waals surface area contributed by atoms with Gasteiger partial charge in [0.25, 0.3) is 0 Å². The highest BCUT2D eigenvalue weighted by Crippen LogP contribution is 2.32. The first-order valence-corrected chi connectivity index (χ1v) is 7.11. The van der Waals surface area contributed by atoms with Crippen molar-refractivity contribution in [2.75, 3.05) is 18.8 Å². The molecule has 0 aliphatic carbocycles. The van der Waals surface area contributed by atoms with Crippen LogP contribution in [0.3, 0.4) is 0 Å². The standard InChI is InChI=1S/C10H14ClNS2/c11-9-3-4-10(14-9)13-7-8-2-1-5-12-6-8/h3-4,8,12H,1-2,5-7H2. The van der Waals surface area contributed by atoms with Gasteiger partial charge in [-0.2, -0.15) is 0 Å². The van der Waals surface area contributed by atoms with E-state index < -0.39 is 0 Å². The maximum Gasteiger partial charge on any atom is 0.0940 e. The Bertz CT molecular complexity index is 281. The zero-order chi connectivity index (χ0) is 9.80. The third-order valence-corrected chi connectivity index (χ3v) is 5.10. The Morgan fingerprint density at radius 1 is 1.57 bits per heavy atom. The zero-order valence-electron chi connectivity index (χ0n) is 7.96. The average molecular weight is 248 g/mol. The average Bonchev–Trinajstić information content (AvgIpc) is 2.63. The normalized spacial score (nSPS) is 22.5. The molecule has 2 heterocycles. The summed E-state index contributed by atoms with van der Waals surface area (Å²) >= 11 is 9.50. The summed E-state index contributed by atoms with van der Waals surface area (Å²) in [6.45, 7) is 2.39. The summed E-state index contributed by atoms with van der Waals surface area (Å²) < 4.78 is 2.25. The van der Waals surface area contributed by atoms with E-state index in [1.165, 1.54) is 35.9 Å². The summed E-state index contributed by atoms with van der Waals surface area (Å²) in [6, 6.07) is 4.10. The van der Waals surface area contributed by atoms with Gasteiger partial charge in [-0.05, 0) is 44.0 Å². The molecule has 1 unspecified atom stereocenters. The minimum absolute atomic E-state index is 0.842. The number of piperidine rings is 1. The Hall–Kier alpha value is 0.300. The summed E-state index contributed by atoms with van der Waals surface area (Å²) in [5.41, 5.74) is 0. The minimum Gasteiger partial charge on any atom is -0.316 e. The Morgan fingerprint density at radius 2 is 2.50 bits per heavy atom. The van der Waals surface area contributed by atoms with Gasteiger partial charge in [0.1, 0.15) is 0 Å². The van der Waals surface area contributed by atoms with Gasteiger partial charge in [-0.15, -0.1) is 23.1 Å². The van der Waals surface area contributed by atoms with Gasteiger partial charge in [-0.25, -0.2) is 0 Å². The second kappa shape index (κ2) is 5.40. The van der Waals surface area contributed by atoms with Crippen molar-refractivity contribution >= 4 is 34.7 Å². The van der Waals surface area contributed by atoms with E-state index in [1.54, 1.807) is 11.3 Å². The van der Waals surface area contributed by atoms with E-state index in [0.717, 1.165) is 10.3 Å². The van der Waals surface area contributed by atoms with Crippen molar-refractivity contribution in [2.45, 2.75) is 17.1 Å². The molecular formula is C10H14ClNS2. The highest BCUT2D eigenvalue weighted by Gasteiger charge is 2.13. The van der Waals surface area contributed by atoms with E-state index in [1.807, 2.05) is 17.8 Å². The van der Waals surface area contributed by atoms with Gasteiger partial charge >= 0.3 is 0 Å². The van der Waals surface area contributed by atoms with Crippen LogP contribution in [0.5, 0.6) is 0 Å². The predicted molar refractivity (Wildman–Crippen MR) is 65.6 cm³/mol. The van der Waals surface area contributed by atoms with Crippen molar-refractivity contribution in [1.82, 2.24) is 5.32 Å². The minimum atomic E-state index is 0.842. The first-order chi connectivity index (χ1) is 6.84. The van der Waals surface area contributed by atoms with Crippen molar-refractivity contribution in [3.63, 3.8) is 0 Å². The first kappa shape index (κ1) is 10.8. The van der Waals surface area contributed by atoms with E-state index in [4.69, 9.17) is 11.6 Å². The Morgan fingerprint density at radius 3 is 3.14 bits per heavy atom. The molecule has 0 amide bonds. The number of nitrogens with one attached hydrogen (secondary N) is 1. The summed E-state index contributed by atoms with van der Waals surface area (Å²) in [5.74, 6) is 2.07. The van der Waals surface area contributed by atoms with Crippen LogP contribution in [0.25, 0.3) is 0 Å². The van der Waals surface area contributed by atoms with Crippen LogP contribution in [0.4, 0.5) is 0 Å². The van der Waals surface area contributed by atoms with Crippen LogP contribution in [0, 0.1) is 5.92 Å². The van der Waals surface area contributed by atoms with Gasteiger partial charge in [0, 0.05) is 5.75 Å². The molecule has 0 spiro atoms. The molecule has 1 nitrogen and oxygen atoms in total. The molecule has 2 rings (SSSR count). The van der Waals surface area contributed by atoms with Gasteiger partial charge in [0.15, 0.2) is 0 Å². The number of rotatable bonds is 3. The SMILES string of the molecule is Clc1ccc(SCC2CCCNC2)s1. The van der Waals surface area contributed by atoms with Crippen molar-refractivity contribution in [3.05, 3.63) is 16.5 Å². The fourth-order valence-electron chi connectivity index (χ4n) is 1.64. The molecule has 1 aliphatic heterocycles. The molecule has 0 saturated carbocycles. The Kier molecular flexibility index (Phi) is 4.17. The van der Waals surface area contributed by atoms with Crippen LogP contribution in [-0.4, -0.2) is 18.8 Å². The van der Waals surface area contributed by atoms with Gasteiger partial charge in [0.05, 0.1) is 8.55 Å². The van der Waals surface area contributed by atoms with E-state index in [0.29, 0.717) is 0 Å². The third kappa shape index (κ3) is 3.16. The predicted octanol–water partition coefficient (Wildman–Crippen LogP) is 3.49. The summed E-state index contributed by atoms with van der Waals surface area (Å²) in [7, 11) is 0. The molecule has 1 saturated heterocycles. The molecule has 0 radical (unpaired) electrons. The van der Waals surface area contributed by atoms with Crippen LogP contribution in [0.1, 0.15) is 12.8 Å². The molecule has 1 fully saturated rings. The van der Waals surface area contributed by atoms with E-state index >= 15 is 0 Å². The number of hydrogen-bond donors (Lipinski definition) is 1. The topological polar surface area (TPSA) is 12.0 Å². The summed E-state index contributed by atoms with van der Waals surface area (Å²) in [4.78, 5) is 0. The van der Waals surface area contributed by atoms with E-state index in [2.05, 4.69) is 11.4 Å².